The van der Waals surface area contributed by atoms with Crippen LogP contribution in [0.3, 0.4) is 0 Å². The summed E-state index contributed by atoms with van der Waals surface area (Å²) >= 11 is 0. The SMILES string of the molecule is Cc1cc(=O)cc(C(=O)NCC(C)(C)N2CCCC2)o1. The highest BCUT2D eigenvalue weighted by molar-refractivity contribution is 5.91. The summed E-state index contributed by atoms with van der Waals surface area (Å²) in [6, 6.07) is 2.59. The molecule has 0 atom stereocenters. The number of carbonyl (C=O) groups is 1. The third-order valence-electron chi connectivity index (χ3n) is 3.76. The van der Waals surface area contributed by atoms with Crippen LogP contribution in [-0.2, 0) is 0 Å². The normalized spacial score (nSPS) is 16.4. The van der Waals surface area contributed by atoms with Crippen molar-refractivity contribution in [2.75, 3.05) is 19.6 Å². The van der Waals surface area contributed by atoms with E-state index in [1.54, 1.807) is 6.92 Å². The van der Waals surface area contributed by atoms with Gasteiger partial charge in [0.05, 0.1) is 0 Å². The maximum Gasteiger partial charge on any atom is 0.287 e. The van der Waals surface area contributed by atoms with Crippen LogP contribution in [0.25, 0.3) is 0 Å². The van der Waals surface area contributed by atoms with Crippen molar-refractivity contribution in [1.29, 1.82) is 0 Å². The van der Waals surface area contributed by atoms with Crippen LogP contribution < -0.4 is 10.7 Å². The summed E-state index contributed by atoms with van der Waals surface area (Å²) in [7, 11) is 0. The van der Waals surface area contributed by atoms with Gasteiger partial charge < -0.3 is 9.73 Å². The molecule has 5 nitrogen and oxygen atoms in total. The Kier molecular flexibility index (Phi) is 4.28. The zero-order valence-electron chi connectivity index (χ0n) is 12.4. The molecule has 0 unspecified atom stereocenters. The second-order valence-corrected chi connectivity index (χ2v) is 5.96. The fourth-order valence-corrected chi connectivity index (χ4v) is 2.53. The van der Waals surface area contributed by atoms with Gasteiger partial charge >= 0.3 is 0 Å². The van der Waals surface area contributed by atoms with Crippen molar-refractivity contribution in [3.05, 3.63) is 33.9 Å². The Morgan fingerprint density at radius 3 is 2.60 bits per heavy atom. The van der Waals surface area contributed by atoms with E-state index in [2.05, 4.69) is 24.1 Å². The van der Waals surface area contributed by atoms with Gasteiger partial charge in [-0.1, -0.05) is 0 Å². The van der Waals surface area contributed by atoms with Gasteiger partial charge in [-0.25, -0.2) is 0 Å². The molecule has 1 fully saturated rings. The van der Waals surface area contributed by atoms with E-state index in [1.165, 1.54) is 25.0 Å². The monoisotopic (exact) mass is 278 g/mol. The van der Waals surface area contributed by atoms with Gasteiger partial charge in [0.2, 0.25) is 0 Å². The van der Waals surface area contributed by atoms with E-state index < -0.39 is 0 Å². The lowest BCUT2D eigenvalue weighted by molar-refractivity contribution is 0.0871. The van der Waals surface area contributed by atoms with Crippen LogP contribution in [0.15, 0.2) is 21.3 Å². The molecule has 1 N–H and O–H groups in total. The summed E-state index contributed by atoms with van der Waals surface area (Å²) in [5, 5.41) is 2.86. The maximum absolute atomic E-state index is 12.0. The summed E-state index contributed by atoms with van der Waals surface area (Å²) < 4.78 is 5.28. The Morgan fingerprint density at radius 2 is 2.00 bits per heavy atom. The first-order chi connectivity index (χ1) is 9.38. The van der Waals surface area contributed by atoms with Gasteiger partial charge in [-0.15, -0.1) is 0 Å². The van der Waals surface area contributed by atoms with Gasteiger partial charge in [-0.05, 0) is 46.7 Å². The number of hydrogen-bond donors (Lipinski definition) is 1. The summed E-state index contributed by atoms with van der Waals surface area (Å²) in [6.45, 7) is 8.57. The molecule has 0 radical (unpaired) electrons. The van der Waals surface area contributed by atoms with Crippen LogP contribution in [0.1, 0.15) is 43.0 Å². The van der Waals surface area contributed by atoms with Crippen LogP contribution in [-0.4, -0.2) is 36.0 Å². The molecule has 1 aliphatic heterocycles. The number of likely N-dealkylation sites (tertiary alicyclic amines) is 1. The predicted molar refractivity (Wildman–Crippen MR) is 76.9 cm³/mol. The van der Waals surface area contributed by atoms with Gasteiger partial charge in [-0.3, -0.25) is 14.5 Å². The van der Waals surface area contributed by atoms with Crippen LogP contribution in [0.5, 0.6) is 0 Å². The van der Waals surface area contributed by atoms with Gasteiger partial charge in [0.15, 0.2) is 11.2 Å². The largest absolute Gasteiger partial charge is 0.456 e. The minimum atomic E-state index is -0.335. The van der Waals surface area contributed by atoms with Crippen molar-refractivity contribution in [3.63, 3.8) is 0 Å². The fraction of sp³-hybridized carbons (Fsp3) is 0.600. The van der Waals surface area contributed by atoms with Crippen molar-refractivity contribution in [2.24, 2.45) is 0 Å². The predicted octanol–water partition coefficient (Wildman–Crippen LogP) is 1.55. The molecule has 0 aliphatic carbocycles. The highest BCUT2D eigenvalue weighted by atomic mass is 16.3. The van der Waals surface area contributed by atoms with E-state index in [-0.39, 0.29) is 22.6 Å². The van der Waals surface area contributed by atoms with Crippen molar-refractivity contribution < 1.29 is 9.21 Å². The highest BCUT2D eigenvalue weighted by Crippen LogP contribution is 2.20. The lowest BCUT2D eigenvalue weighted by Gasteiger charge is -2.35. The minimum absolute atomic E-state index is 0.0761. The van der Waals surface area contributed by atoms with Crippen molar-refractivity contribution in [2.45, 2.75) is 39.2 Å². The molecule has 0 bridgehead atoms. The molecule has 1 aliphatic rings. The quantitative estimate of drug-likeness (QED) is 0.907. The zero-order valence-corrected chi connectivity index (χ0v) is 12.4. The van der Waals surface area contributed by atoms with Gasteiger partial charge in [0.25, 0.3) is 5.91 Å². The zero-order chi connectivity index (χ0) is 14.8. The number of amides is 1. The van der Waals surface area contributed by atoms with E-state index in [1.807, 2.05) is 0 Å². The highest BCUT2D eigenvalue weighted by Gasteiger charge is 2.29. The maximum atomic E-state index is 12.0. The second-order valence-electron chi connectivity index (χ2n) is 5.96. The Bertz CT molecular complexity index is 542. The first-order valence-electron chi connectivity index (χ1n) is 7.03. The number of aryl methyl sites for hydroxylation is 1. The summed E-state index contributed by atoms with van der Waals surface area (Å²) in [5.41, 5.74) is -0.297. The molecule has 1 saturated heterocycles. The van der Waals surface area contributed by atoms with E-state index in [0.29, 0.717) is 12.3 Å². The second kappa shape index (κ2) is 5.79. The lowest BCUT2D eigenvalue weighted by atomic mass is 10.0. The van der Waals surface area contributed by atoms with Crippen molar-refractivity contribution >= 4 is 5.91 Å². The van der Waals surface area contributed by atoms with Crippen LogP contribution in [0.4, 0.5) is 0 Å². The average molecular weight is 278 g/mol. The van der Waals surface area contributed by atoms with E-state index in [9.17, 15) is 9.59 Å². The number of rotatable bonds is 4. The van der Waals surface area contributed by atoms with Gasteiger partial charge in [-0.2, -0.15) is 0 Å². The molecule has 0 spiro atoms. The standard InChI is InChI=1S/C15H22N2O3/c1-11-8-12(18)9-13(20-11)14(19)16-10-15(2,3)17-6-4-5-7-17/h8-9H,4-7,10H2,1-3H3,(H,16,19). The van der Waals surface area contributed by atoms with Gasteiger partial charge in [0.1, 0.15) is 5.76 Å². The molecule has 0 aromatic carbocycles. The first kappa shape index (κ1) is 14.8. The van der Waals surface area contributed by atoms with Crippen LogP contribution in [0, 0.1) is 6.92 Å². The van der Waals surface area contributed by atoms with E-state index in [0.717, 1.165) is 13.1 Å². The third-order valence-corrected chi connectivity index (χ3v) is 3.76. The first-order valence-corrected chi connectivity index (χ1v) is 7.03. The average Bonchev–Trinajstić information content (AvgIpc) is 2.89. The molecule has 1 aromatic rings. The Hall–Kier alpha value is -1.62. The van der Waals surface area contributed by atoms with E-state index in [4.69, 9.17) is 4.42 Å². The smallest absolute Gasteiger partial charge is 0.287 e. The van der Waals surface area contributed by atoms with Gasteiger partial charge in [0, 0.05) is 24.2 Å². The van der Waals surface area contributed by atoms with E-state index >= 15 is 0 Å². The molecule has 2 rings (SSSR count). The van der Waals surface area contributed by atoms with Crippen LogP contribution >= 0.6 is 0 Å². The topological polar surface area (TPSA) is 62.6 Å². The number of hydrogen-bond acceptors (Lipinski definition) is 4. The fourth-order valence-electron chi connectivity index (χ4n) is 2.53. The van der Waals surface area contributed by atoms with Crippen LogP contribution in [0.2, 0.25) is 0 Å². The summed E-state index contributed by atoms with van der Waals surface area (Å²) in [6.07, 6.45) is 2.42. The van der Waals surface area contributed by atoms with Crippen molar-refractivity contribution in [3.8, 4) is 0 Å². The molecule has 20 heavy (non-hydrogen) atoms. The number of carbonyl (C=O) groups excluding carboxylic acids is 1. The molecule has 1 aromatic heterocycles. The number of nitrogens with zero attached hydrogens (tertiary/aromatic N) is 1. The molecule has 2 heterocycles. The van der Waals surface area contributed by atoms with Crippen molar-refractivity contribution in [1.82, 2.24) is 10.2 Å². The summed E-state index contributed by atoms with van der Waals surface area (Å²) in [4.78, 5) is 25.8. The third kappa shape index (κ3) is 3.48. The minimum Gasteiger partial charge on any atom is -0.456 e. The molecule has 0 saturated carbocycles. The Labute approximate surface area is 119 Å². The lowest BCUT2D eigenvalue weighted by Crippen LogP contribution is -2.50. The molecular weight excluding hydrogens is 256 g/mol. The molecule has 110 valence electrons. The molecular formula is C15H22N2O3. The Morgan fingerprint density at radius 1 is 1.35 bits per heavy atom. The summed E-state index contributed by atoms with van der Waals surface area (Å²) in [5.74, 6) is 0.187. The molecule has 1 amide bonds. The molecule has 5 heteroatoms. The number of nitrogens with one attached hydrogen (secondary N) is 1. The Balaban J connectivity index is 1.99.